The quantitative estimate of drug-likeness (QED) is 0.577. The Bertz CT molecular complexity index is 943. The van der Waals surface area contributed by atoms with Crippen LogP contribution in [0.2, 0.25) is 0 Å². The van der Waals surface area contributed by atoms with Crippen LogP contribution in [0.25, 0.3) is 11.1 Å². The lowest BCUT2D eigenvalue weighted by molar-refractivity contribution is 0.355. The Hall–Kier alpha value is -3.32. The molecule has 0 saturated carbocycles. The van der Waals surface area contributed by atoms with E-state index in [0.717, 1.165) is 29.9 Å². The zero-order chi connectivity index (χ0) is 21.5. The minimum atomic E-state index is 0.549. The highest BCUT2D eigenvalue weighted by Gasteiger charge is 2.08. The number of anilines is 3. The first-order valence-electron chi connectivity index (χ1n) is 9.77. The van der Waals surface area contributed by atoms with Crippen molar-refractivity contribution >= 4 is 17.3 Å². The lowest BCUT2D eigenvalue weighted by Crippen LogP contribution is -2.28. The third kappa shape index (κ3) is 5.39. The lowest BCUT2D eigenvalue weighted by atomic mass is 10.1. The van der Waals surface area contributed by atoms with Gasteiger partial charge in [-0.05, 0) is 56.1 Å². The molecule has 0 amide bonds. The number of nitrogens with one attached hydrogen (secondary N) is 1. The fraction of sp³-hybridized carbons (Fsp3) is 0.304. The number of nitrogens with zero attached hydrogens (tertiary/aromatic N) is 4. The van der Waals surface area contributed by atoms with Gasteiger partial charge in [0.15, 0.2) is 11.5 Å². The second-order valence-corrected chi connectivity index (χ2v) is 7.26. The van der Waals surface area contributed by atoms with Crippen molar-refractivity contribution in [1.29, 1.82) is 0 Å². The Morgan fingerprint density at radius 1 is 0.800 bits per heavy atom. The van der Waals surface area contributed by atoms with Crippen LogP contribution >= 0.6 is 0 Å². The molecule has 1 heterocycles. The SMILES string of the molecule is COc1ccc(-c2cnc(Nc3ccc(N(C)CCN(C)C)cc3)nc2)cc1OC. The Morgan fingerprint density at radius 3 is 2.07 bits per heavy atom. The number of benzene rings is 2. The number of likely N-dealkylation sites (N-methyl/N-ethyl adjacent to an activating group) is 2. The fourth-order valence-corrected chi connectivity index (χ4v) is 2.96. The molecule has 1 aromatic heterocycles. The molecule has 0 fully saturated rings. The average Bonchev–Trinajstić information content (AvgIpc) is 2.78. The van der Waals surface area contributed by atoms with E-state index in [1.165, 1.54) is 5.69 Å². The minimum absolute atomic E-state index is 0.549. The van der Waals surface area contributed by atoms with E-state index in [0.29, 0.717) is 17.4 Å². The number of hydrogen-bond acceptors (Lipinski definition) is 7. The van der Waals surface area contributed by atoms with Crippen molar-refractivity contribution in [3.05, 3.63) is 54.9 Å². The number of ether oxygens (including phenoxy) is 2. The number of hydrogen-bond donors (Lipinski definition) is 1. The number of aromatic nitrogens is 2. The van der Waals surface area contributed by atoms with Crippen LogP contribution in [0.4, 0.5) is 17.3 Å². The van der Waals surface area contributed by atoms with E-state index in [1.54, 1.807) is 26.6 Å². The Labute approximate surface area is 178 Å². The minimum Gasteiger partial charge on any atom is -0.493 e. The molecular weight excluding hydrogens is 378 g/mol. The second-order valence-electron chi connectivity index (χ2n) is 7.26. The van der Waals surface area contributed by atoms with Crippen LogP contribution in [0.15, 0.2) is 54.9 Å². The standard InChI is InChI=1S/C23H29N5O2/c1-27(2)12-13-28(3)20-9-7-19(8-10-20)26-23-24-15-18(16-25-23)17-6-11-21(29-4)22(14-17)30-5/h6-11,14-16H,12-13H2,1-5H3,(H,24,25,26). The van der Waals surface area contributed by atoms with E-state index < -0.39 is 0 Å². The fourth-order valence-electron chi connectivity index (χ4n) is 2.96. The molecule has 0 atom stereocenters. The molecule has 0 saturated heterocycles. The third-order valence-corrected chi connectivity index (χ3v) is 4.82. The first-order valence-corrected chi connectivity index (χ1v) is 9.77. The van der Waals surface area contributed by atoms with E-state index >= 15 is 0 Å². The van der Waals surface area contributed by atoms with Crippen LogP contribution < -0.4 is 19.7 Å². The summed E-state index contributed by atoms with van der Waals surface area (Å²) >= 11 is 0. The highest BCUT2D eigenvalue weighted by atomic mass is 16.5. The van der Waals surface area contributed by atoms with Crippen LogP contribution in [-0.4, -0.2) is 63.3 Å². The second kappa shape index (κ2) is 9.93. The summed E-state index contributed by atoms with van der Waals surface area (Å²) in [4.78, 5) is 13.3. The topological polar surface area (TPSA) is 62.8 Å². The van der Waals surface area contributed by atoms with E-state index in [2.05, 4.69) is 58.4 Å². The smallest absolute Gasteiger partial charge is 0.227 e. The zero-order valence-corrected chi connectivity index (χ0v) is 18.2. The number of rotatable bonds is 9. The maximum absolute atomic E-state index is 5.37. The van der Waals surface area contributed by atoms with Gasteiger partial charge >= 0.3 is 0 Å². The van der Waals surface area contributed by atoms with Crippen molar-refractivity contribution in [2.75, 3.05) is 58.7 Å². The molecular formula is C23H29N5O2. The highest BCUT2D eigenvalue weighted by Crippen LogP contribution is 2.32. The summed E-state index contributed by atoms with van der Waals surface area (Å²) in [6.45, 7) is 1.98. The molecule has 3 rings (SSSR count). The van der Waals surface area contributed by atoms with Gasteiger partial charge in [0.25, 0.3) is 0 Å². The molecule has 1 N–H and O–H groups in total. The Kier molecular flexibility index (Phi) is 7.08. The van der Waals surface area contributed by atoms with Crippen LogP contribution in [0, 0.1) is 0 Å². The van der Waals surface area contributed by atoms with Crippen LogP contribution in [-0.2, 0) is 0 Å². The van der Waals surface area contributed by atoms with Gasteiger partial charge in [-0.2, -0.15) is 0 Å². The van der Waals surface area contributed by atoms with Crippen molar-refractivity contribution in [2.45, 2.75) is 0 Å². The third-order valence-electron chi connectivity index (χ3n) is 4.82. The summed E-state index contributed by atoms with van der Waals surface area (Å²) in [5.74, 6) is 1.91. The first kappa shape index (κ1) is 21.4. The molecule has 0 radical (unpaired) electrons. The summed E-state index contributed by atoms with van der Waals surface area (Å²) in [6, 6.07) is 14.0. The summed E-state index contributed by atoms with van der Waals surface area (Å²) < 4.78 is 10.7. The largest absolute Gasteiger partial charge is 0.493 e. The molecule has 7 nitrogen and oxygen atoms in total. The summed E-state index contributed by atoms with van der Waals surface area (Å²) in [6.07, 6.45) is 3.58. The van der Waals surface area contributed by atoms with Crippen LogP contribution in [0.1, 0.15) is 0 Å². The molecule has 158 valence electrons. The monoisotopic (exact) mass is 407 g/mol. The molecule has 2 aromatic carbocycles. The highest BCUT2D eigenvalue weighted by molar-refractivity contribution is 5.67. The molecule has 30 heavy (non-hydrogen) atoms. The average molecular weight is 408 g/mol. The van der Waals surface area contributed by atoms with Crippen LogP contribution in [0.3, 0.4) is 0 Å². The summed E-state index contributed by atoms with van der Waals surface area (Å²) in [7, 11) is 9.50. The zero-order valence-electron chi connectivity index (χ0n) is 18.2. The maximum atomic E-state index is 5.37. The van der Waals surface area contributed by atoms with Gasteiger partial charge in [-0.25, -0.2) is 9.97 Å². The van der Waals surface area contributed by atoms with Crippen LogP contribution in [0.5, 0.6) is 11.5 Å². The van der Waals surface area contributed by atoms with Crippen molar-refractivity contribution in [1.82, 2.24) is 14.9 Å². The van der Waals surface area contributed by atoms with E-state index in [4.69, 9.17) is 9.47 Å². The molecule has 0 aliphatic rings. The van der Waals surface area contributed by atoms with Crippen molar-refractivity contribution in [2.24, 2.45) is 0 Å². The van der Waals surface area contributed by atoms with Crippen molar-refractivity contribution < 1.29 is 9.47 Å². The molecule has 7 heteroatoms. The van der Waals surface area contributed by atoms with Crippen molar-refractivity contribution in [3.63, 3.8) is 0 Å². The summed E-state index contributed by atoms with van der Waals surface area (Å²) in [5.41, 5.74) is 3.98. The summed E-state index contributed by atoms with van der Waals surface area (Å²) in [5, 5.41) is 3.25. The molecule has 0 aliphatic heterocycles. The van der Waals surface area contributed by atoms with E-state index in [-0.39, 0.29) is 0 Å². The van der Waals surface area contributed by atoms with Gasteiger partial charge in [0, 0.05) is 49.5 Å². The molecule has 0 spiro atoms. The maximum Gasteiger partial charge on any atom is 0.227 e. The van der Waals surface area contributed by atoms with Gasteiger partial charge in [0.1, 0.15) is 0 Å². The van der Waals surface area contributed by atoms with E-state index in [1.807, 2.05) is 30.3 Å². The van der Waals surface area contributed by atoms with E-state index in [9.17, 15) is 0 Å². The van der Waals surface area contributed by atoms with Crippen molar-refractivity contribution in [3.8, 4) is 22.6 Å². The predicted molar refractivity (Wildman–Crippen MR) is 122 cm³/mol. The first-order chi connectivity index (χ1) is 14.5. The van der Waals surface area contributed by atoms with Gasteiger partial charge in [0.2, 0.25) is 5.95 Å². The van der Waals surface area contributed by atoms with Gasteiger partial charge in [-0.15, -0.1) is 0 Å². The normalized spacial score (nSPS) is 10.7. The molecule has 0 aliphatic carbocycles. The Balaban J connectivity index is 1.66. The predicted octanol–water partition coefficient (Wildman–Crippen LogP) is 3.90. The molecule has 0 unspecified atom stereocenters. The lowest BCUT2D eigenvalue weighted by Gasteiger charge is -2.21. The van der Waals surface area contributed by atoms with Gasteiger partial charge in [-0.1, -0.05) is 6.07 Å². The molecule has 0 bridgehead atoms. The van der Waals surface area contributed by atoms with Gasteiger partial charge < -0.3 is 24.6 Å². The molecule has 3 aromatic rings. The van der Waals surface area contributed by atoms with Gasteiger partial charge in [-0.3, -0.25) is 0 Å². The Morgan fingerprint density at radius 2 is 1.47 bits per heavy atom. The number of methoxy groups -OCH3 is 2. The van der Waals surface area contributed by atoms with Gasteiger partial charge in [0.05, 0.1) is 14.2 Å².